The zero-order valence-corrected chi connectivity index (χ0v) is 37.9. The summed E-state index contributed by atoms with van der Waals surface area (Å²) < 4.78 is 147. The minimum atomic E-state index is -5.25. The van der Waals surface area contributed by atoms with Crippen molar-refractivity contribution in [2.45, 2.75) is 73.5 Å². The molecule has 352 valence electrons. The maximum absolute atomic E-state index is 14.0. The number of hydrogen-bond donors (Lipinski definition) is 6. The SMILES string of the molecule is CCOC(=O)C1=NN(c2cc(S(=O)(=O)O)ccc2S(=O)(=O)O)C(=O)\C1=C/C=C(/C=C/c1c(C(=O)OCC)nn(-c2cc(S(=O)(=O)O)ccc2S(=O)(=O)O)c1O)NC(=O)C(CC)(CC)CC. The van der Waals surface area contributed by atoms with E-state index in [0.717, 1.165) is 24.3 Å². The van der Waals surface area contributed by atoms with Crippen molar-refractivity contribution in [3.63, 3.8) is 0 Å². The molecule has 0 saturated heterocycles. The van der Waals surface area contributed by atoms with Gasteiger partial charge >= 0.3 is 11.9 Å². The predicted octanol–water partition coefficient (Wildman–Crippen LogP) is 2.86. The standard InChI is InChI=1S/C37H41N5O19S4/c1-6-37(7-2,8-3)36(47)38-21(11-15-24-30(34(45)60-9-4)39-41(32(24)43)26-19-22(62(48,49)50)13-17-28(26)64(54,55)56)12-16-25-31(35(46)61-10-5)40-42(33(25)44)27-20-23(63(51,52)53)14-18-29(27)65(57,58)59/h11-20,43H,6-10H2,1-5H3,(H,38,47)(H,48,49,50)(H,51,52,53)(H,54,55,56)(H,57,58,59)/b15-11+,21-12-,25-16-. The molecule has 24 nitrogen and oxygen atoms in total. The first-order valence-electron chi connectivity index (χ1n) is 18.8. The molecule has 0 saturated carbocycles. The molecule has 0 aliphatic carbocycles. The fourth-order valence-electron chi connectivity index (χ4n) is 6.23. The van der Waals surface area contributed by atoms with Crippen molar-refractivity contribution in [1.82, 2.24) is 15.1 Å². The van der Waals surface area contributed by atoms with Gasteiger partial charge in [0.15, 0.2) is 11.4 Å². The maximum atomic E-state index is 14.0. The number of esters is 2. The van der Waals surface area contributed by atoms with Crippen LogP contribution in [-0.2, 0) is 64.3 Å². The van der Waals surface area contributed by atoms with Crippen LogP contribution in [0.1, 0.15) is 69.9 Å². The zero-order valence-electron chi connectivity index (χ0n) is 34.7. The fraction of sp³-hybridized carbons (Fsp3) is 0.297. The molecule has 0 radical (unpaired) electrons. The van der Waals surface area contributed by atoms with Gasteiger partial charge in [0.1, 0.15) is 9.79 Å². The highest BCUT2D eigenvalue weighted by Gasteiger charge is 2.39. The van der Waals surface area contributed by atoms with E-state index in [0.29, 0.717) is 60.3 Å². The highest BCUT2D eigenvalue weighted by molar-refractivity contribution is 7.87. The van der Waals surface area contributed by atoms with Gasteiger partial charge in [-0.1, -0.05) is 20.8 Å². The second kappa shape index (κ2) is 19.5. The molecule has 28 heteroatoms. The van der Waals surface area contributed by atoms with Crippen LogP contribution in [0.15, 0.2) is 90.6 Å². The number of nitrogens with one attached hydrogen (secondary N) is 1. The van der Waals surface area contributed by atoms with Gasteiger partial charge in [-0.25, -0.2) is 9.59 Å². The Morgan fingerprint density at radius 3 is 1.71 bits per heavy atom. The first-order valence-corrected chi connectivity index (χ1v) is 24.6. The summed E-state index contributed by atoms with van der Waals surface area (Å²) in [6.07, 6.45) is 4.75. The summed E-state index contributed by atoms with van der Waals surface area (Å²) in [6.45, 7) is 7.43. The Hall–Kier alpha value is -6.14. The molecule has 0 fully saturated rings. The van der Waals surface area contributed by atoms with Crippen LogP contribution in [0.3, 0.4) is 0 Å². The number of ether oxygens (including phenoxy) is 2. The van der Waals surface area contributed by atoms with Crippen LogP contribution in [0.2, 0.25) is 0 Å². The van der Waals surface area contributed by atoms with E-state index < -0.39 is 129 Å². The van der Waals surface area contributed by atoms with Crippen molar-refractivity contribution >= 4 is 81.7 Å². The summed E-state index contributed by atoms with van der Waals surface area (Å²) in [5.41, 5.74) is -5.97. The first kappa shape index (κ1) is 51.5. The summed E-state index contributed by atoms with van der Waals surface area (Å²) in [5, 5.41) is 22.1. The summed E-state index contributed by atoms with van der Waals surface area (Å²) >= 11 is 0. The lowest BCUT2D eigenvalue weighted by molar-refractivity contribution is -0.135. The highest BCUT2D eigenvalue weighted by Crippen LogP contribution is 2.35. The van der Waals surface area contributed by atoms with Crippen LogP contribution in [0.5, 0.6) is 5.88 Å². The molecule has 1 aromatic heterocycles. The number of carbonyl (C=O) groups excluding carboxylic acids is 4. The molecule has 1 aliphatic heterocycles. The third-order valence-electron chi connectivity index (χ3n) is 9.81. The Kier molecular flexibility index (Phi) is 15.5. The highest BCUT2D eigenvalue weighted by atomic mass is 32.2. The lowest BCUT2D eigenvalue weighted by Gasteiger charge is -2.29. The molecule has 1 aliphatic rings. The monoisotopic (exact) mass is 987 g/mol. The lowest BCUT2D eigenvalue weighted by Crippen LogP contribution is -2.39. The van der Waals surface area contributed by atoms with Crippen LogP contribution in [0, 0.1) is 5.41 Å². The lowest BCUT2D eigenvalue weighted by atomic mass is 9.79. The van der Waals surface area contributed by atoms with E-state index in [1.165, 1.54) is 13.8 Å². The van der Waals surface area contributed by atoms with Crippen LogP contribution in [-0.4, -0.2) is 109 Å². The largest absolute Gasteiger partial charge is 0.493 e. The molecular weight excluding hydrogens is 947 g/mol. The smallest absolute Gasteiger partial charge is 0.359 e. The Morgan fingerprint density at radius 2 is 1.23 bits per heavy atom. The summed E-state index contributed by atoms with van der Waals surface area (Å²) in [7, 11) is -20.6. The number of allylic oxidation sites excluding steroid dienone is 3. The van der Waals surface area contributed by atoms with E-state index in [1.807, 2.05) is 0 Å². The van der Waals surface area contributed by atoms with E-state index in [4.69, 9.17) is 9.47 Å². The zero-order chi connectivity index (χ0) is 49.0. The van der Waals surface area contributed by atoms with E-state index in [1.54, 1.807) is 20.8 Å². The van der Waals surface area contributed by atoms with Gasteiger partial charge in [0, 0.05) is 11.1 Å². The third-order valence-corrected chi connectivity index (χ3v) is 13.3. The molecule has 65 heavy (non-hydrogen) atoms. The molecule has 0 unspecified atom stereocenters. The molecule has 0 atom stereocenters. The number of amides is 2. The topological polar surface area (TPSA) is 370 Å². The van der Waals surface area contributed by atoms with Crippen LogP contribution in [0.4, 0.5) is 5.69 Å². The van der Waals surface area contributed by atoms with E-state index in [-0.39, 0.29) is 23.9 Å². The van der Waals surface area contributed by atoms with Crippen LogP contribution < -0.4 is 10.3 Å². The van der Waals surface area contributed by atoms with Crippen molar-refractivity contribution in [3.8, 4) is 11.6 Å². The summed E-state index contributed by atoms with van der Waals surface area (Å²) in [5.74, 6) is -5.57. The second-order valence-corrected chi connectivity index (χ2v) is 19.1. The number of rotatable bonds is 18. The number of aromatic nitrogens is 2. The third kappa shape index (κ3) is 11.2. The predicted molar refractivity (Wildman–Crippen MR) is 225 cm³/mol. The fourth-order valence-corrected chi connectivity index (χ4v) is 8.53. The van der Waals surface area contributed by atoms with Crippen molar-refractivity contribution < 1.29 is 85.6 Å². The number of aromatic hydroxyl groups is 1. The van der Waals surface area contributed by atoms with E-state index >= 15 is 0 Å². The normalized spacial score (nSPS) is 14.8. The average molecular weight is 988 g/mol. The number of hydrogen-bond acceptors (Lipinski definition) is 17. The van der Waals surface area contributed by atoms with E-state index in [2.05, 4.69) is 15.5 Å². The average Bonchev–Trinajstić information content (AvgIpc) is 3.73. The van der Waals surface area contributed by atoms with Crippen LogP contribution >= 0.6 is 0 Å². The summed E-state index contributed by atoms with van der Waals surface area (Å²) in [4.78, 5) is 50.3. The number of benzene rings is 2. The molecule has 0 spiro atoms. The van der Waals surface area contributed by atoms with Crippen molar-refractivity contribution in [1.29, 1.82) is 0 Å². The molecule has 3 aromatic rings. The Bertz CT molecular complexity index is 3030. The van der Waals surface area contributed by atoms with Gasteiger partial charge in [-0.2, -0.15) is 53.6 Å². The van der Waals surface area contributed by atoms with Gasteiger partial charge in [0.25, 0.3) is 46.4 Å². The summed E-state index contributed by atoms with van der Waals surface area (Å²) in [6, 6.07) is 3.30. The number of anilines is 1. The second-order valence-electron chi connectivity index (χ2n) is 13.5. The van der Waals surface area contributed by atoms with Gasteiger partial charge < -0.3 is 19.9 Å². The van der Waals surface area contributed by atoms with Gasteiger partial charge in [0.2, 0.25) is 11.8 Å². The van der Waals surface area contributed by atoms with Gasteiger partial charge in [-0.15, -0.1) is 0 Å². The number of nitrogens with zero attached hydrogens (tertiary/aromatic N) is 4. The molecular formula is C37H41N5O19S4. The van der Waals surface area contributed by atoms with E-state index in [9.17, 15) is 76.2 Å². The maximum Gasteiger partial charge on any atom is 0.359 e. The Morgan fingerprint density at radius 1 is 0.738 bits per heavy atom. The van der Waals surface area contributed by atoms with Crippen molar-refractivity contribution in [2.24, 2.45) is 10.5 Å². The quantitative estimate of drug-likeness (QED) is 0.0462. The first-order chi connectivity index (χ1) is 30.1. The van der Waals surface area contributed by atoms with Crippen molar-refractivity contribution in [2.75, 3.05) is 18.2 Å². The Balaban J connectivity index is 2.04. The van der Waals surface area contributed by atoms with Gasteiger partial charge in [0.05, 0.1) is 45.5 Å². The number of hydrazone groups is 1. The molecule has 2 heterocycles. The Labute approximate surface area is 371 Å². The van der Waals surface area contributed by atoms with Gasteiger partial charge in [-0.05, 0) is 93.8 Å². The molecule has 2 aromatic carbocycles. The molecule has 4 rings (SSSR count). The van der Waals surface area contributed by atoms with Crippen LogP contribution in [0.25, 0.3) is 11.8 Å². The number of carbonyl (C=O) groups is 4. The minimum Gasteiger partial charge on any atom is -0.493 e. The molecule has 0 bridgehead atoms. The minimum absolute atomic E-state index is 0.226. The van der Waals surface area contributed by atoms with Crippen molar-refractivity contribution in [3.05, 3.63) is 77.2 Å². The molecule has 6 N–H and O–H groups in total. The molecule has 2 amide bonds. The van der Waals surface area contributed by atoms with Gasteiger partial charge in [-0.3, -0.25) is 27.8 Å².